The van der Waals surface area contributed by atoms with Crippen LogP contribution < -0.4 is 4.90 Å². The van der Waals surface area contributed by atoms with Crippen molar-refractivity contribution in [2.45, 2.75) is 26.4 Å². The fraction of sp³-hybridized carbons (Fsp3) is 0.500. The number of ether oxygens (including phenoxy) is 4. The molecule has 0 spiro atoms. The Morgan fingerprint density at radius 2 is 1.49 bits per heavy atom. The Morgan fingerprint density at radius 3 is 2.09 bits per heavy atom. The summed E-state index contributed by atoms with van der Waals surface area (Å²) >= 11 is 0. The quantitative estimate of drug-likeness (QED) is 0.461. The first kappa shape index (κ1) is 26.0. The van der Waals surface area contributed by atoms with E-state index in [0.29, 0.717) is 37.4 Å². The molecule has 0 radical (unpaired) electrons. The van der Waals surface area contributed by atoms with Gasteiger partial charge in [0.25, 0.3) is 5.91 Å². The molecule has 2 heterocycles. The summed E-state index contributed by atoms with van der Waals surface area (Å²) in [6, 6.07) is 6.73. The van der Waals surface area contributed by atoms with Crippen LogP contribution in [0.4, 0.5) is 10.5 Å². The number of carbonyl (C=O) groups is 4. The molecule has 1 fully saturated rings. The van der Waals surface area contributed by atoms with E-state index in [2.05, 4.69) is 0 Å². The minimum atomic E-state index is -0.748. The zero-order valence-corrected chi connectivity index (χ0v) is 20.7. The highest BCUT2D eigenvalue weighted by atomic mass is 16.6. The standard InChI is InChI=1S/C24H31N3O8/c1-24(2,3)35-23(31)26-12-10-25(11-13-26)20(28)16-8-6-7-9-18(16)27-15-34-14-17(21(29)32-4)19(27)22(30)33-5/h6-9H,10-15H2,1-5H3. The Balaban J connectivity index is 1.85. The molecule has 35 heavy (non-hydrogen) atoms. The number of rotatable bonds is 4. The first-order chi connectivity index (χ1) is 16.6. The Kier molecular flexibility index (Phi) is 8.00. The lowest BCUT2D eigenvalue weighted by atomic mass is 10.1. The van der Waals surface area contributed by atoms with Gasteiger partial charge in [-0.1, -0.05) is 12.1 Å². The van der Waals surface area contributed by atoms with Crippen molar-refractivity contribution in [3.8, 4) is 0 Å². The summed E-state index contributed by atoms with van der Waals surface area (Å²) in [6.07, 6.45) is -0.418. The lowest BCUT2D eigenvalue weighted by Crippen LogP contribution is -2.51. The van der Waals surface area contributed by atoms with Crippen LogP contribution in [0.3, 0.4) is 0 Å². The summed E-state index contributed by atoms with van der Waals surface area (Å²) in [6.45, 7) is 6.49. The molecule has 1 aromatic rings. The van der Waals surface area contributed by atoms with Gasteiger partial charge in [0, 0.05) is 26.2 Å². The van der Waals surface area contributed by atoms with Gasteiger partial charge in [-0.2, -0.15) is 0 Å². The molecule has 11 nitrogen and oxygen atoms in total. The molecule has 0 aliphatic carbocycles. The summed E-state index contributed by atoms with van der Waals surface area (Å²) in [4.78, 5) is 55.4. The van der Waals surface area contributed by atoms with Crippen molar-refractivity contribution in [2.24, 2.45) is 0 Å². The largest absolute Gasteiger partial charge is 0.466 e. The molecule has 190 valence electrons. The average Bonchev–Trinajstić information content (AvgIpc) is 2.86. The molecule has 2 amide bonds. The highest BCUT2D eigenvalue weighted by molar-refractivity contribution is 6.06. The number of anilines is 1. The zero-order valence-electron chi connectivity index (χ0n) is 20.7. The van der Waals surface area contributed by atoms with Crippen molar-refractivity contribution < 1.29 is 38.1 Å². The number of carbonyl (C=O) groups excluding carboxylic acids is 4. The van der Waals surface area contributed by atoms with Crippen LogP contribution in [-0.4, -0.2) is 93.1 Å². The number of esters is 2. The highest BCUT2D eigenvalue weighted by Crippen LogP contribution is 2.30. The van der Waals surface area contributed by atoms with Gasteiger partial charge in [0.1, 0.15) is 18.0 Å². The normalized spacial score (nSPS) is 16.7. The number of hydrogen-bond donors (Lipinski definition) is 0. The van der Waals surface area contributed by atoms with E-state index in [4.69, 9.17) is 18.9 Å². The maximum atomic E-state index is 13.5. The molecule has 0 N–H and O–H groups in total. The molecular weight excluding hydrogens is 458 g/mol. The van der Waals surface area contributed by atoms with Crippen molar-refractivity contribution >= 4 is 29.6 Å². The molecule has 0 atom stereocenters. The monoisotopic (exact) mass is 489 g/mol. The molecule has 1 aromatic carbocycles. The second-order valence-corrected chi connectivity index (χ2v) is 8.99. The van der Waals surface area contributed by atoms with Crippen molar-refractivity contribution in [3.05, 3.63) is 41.1 Å². The van der Waals surface area contributed by atoms with E-state index in [1.807, 2.05) is 0 Å². The van der Waals surface area contributed by atoms with Crippen LogP contribution >= 0.6 is 0 Å². The fourth-order valence-electron chi connectivity index (χ4n) is 3.81. The van der Waals surface area contributed by atoms with E-state index < -0.39 is 23.6 Å². The van der Waals surface area contributed by atoms with Crippen LogP contribution in [0.2, 0.25) is 0 Å². The molecule has 0 bridgehead atoms. The maximum absolute atomic E-state index is 13.5. The Morgan fingerprint density at radius 1 is 0.886 bits per heavy atom. The average molecular weight is 490 g/mol. The Hall–Kier alpha value is -3.60. The van der Waals surface area contributed by atoms with Gasteiger partial charge in [-0.25, -0.2) is 14.4 Å². The van der Waals surface area contributed by atoms with Gasteiger partial charge in [0.2, 0.25) is 0 Å². The topological polar surface area (TPSA) is 115 Å². The molecule has 3 rings (SSSR count). The summed E-state index contributed by atoms with van der Waals surface area (Å²) in [7, 11) is 2.41. The van der Waals surface area contributed by atoms with E-state index in [1.54, 1.807) is 54.8 Å². The summed E-state index contributed by atoms with van der Waals surface area (Å²) in [5.41, 5.74) is 0.0512. The fourth-order valence-corrected chi connectivity index (χ4v) is 3.81. The minimum absolute atomic E-state index is 0.00109. The van der Waals surface area contributed by atoms with E-state index in [1.165, 1.54) is 19.1 Å². The second-order valence-electron chi connectivity index (χ2n) is 8.99. The van der Waals surface area contributed by atoms with Crippen molar-refractivity contribution in [1.29, 1.82) is 0 Å². The van der Waals surface area contributed by atoms with Crippen LogP contribution in [-0.2, 0) is 28.5 Å². The van der Waals surface area contributed by atoms with Crippen LogP contribution in [0.5, 0.6) is 0 Å². The minimum Gasteiger partial charge on any atom is -0.466 e. The predicted molar refractivity (Wildman–Crippen MR) is 125 cm³/mol. The molecule has 0 saturated carbocycles. The third-order valence-corrected chi connectivity index (χ3v) is 5.48. The Labute approximate surface area is 204 Å². The molecule has 2 aliphatic rings. The van der Waals surface area contributed by atoms with Gasteiger partial charge >= 0.3 is 18.0 Å². The molecule has 11 heteroatoms. The van der Waals surface area contributed by atoms with Gasteiger partial charge in [-0.05, 0) is 32.9 Å². The summed E-state index contributed by atoms with van der Waals surface area (Å²) in [5, 5.41) is 0. The number of piperazine rings is 1. The van der Waals surface area contributed by atoms with Gasteiger partial charge in [0.05, 0.1) is 37.7 Å². The number of benzene rings is 1. The SMILES string of the molecule is COC(=O)C1=C(C(=O)OC)N(c2ccccc2C(=O)N2CCN(C(=O)OC(C)(C)C)CC2)COC1. The molecule has 0 unspecified atom stereocenters. The van der Waals surface area contributed by atoms with E-state index in [-0.39, 0.29) is 30.5 Å². The third kappa shape index (κ3) is 5.91. The van der Waals surface area contributed by atoms with E-state index in [0.717, 1.165) is 0 Å². The van der Waals surface area contributed by atoms with Gasteiger partial charge in [-0.15, -0.1) is 0 Å². The highest BCUT2D eigenvalue weighted by Gasteiger charge is 2.35. The lowest BCUT2D eigenvalue weighted by molar-refractivity contribution is -0.140. The number of hydrogen-bond acceptors (Lipinski definition) is 9. The third-order valence-electron chi connectivity index (χ3n) is 5.48. The van der Waals surface area contributed by atoms with Gasteiger partial charge in [-0.3, -0.25) is 4.79 Å². The number of amides is 2. The second kappa shape index (κ2) is 10.8. The first-order valence-electron chi connectivity index (χ1n) is 11.2. The van der Waals surface area contributed by atoms with Crippen molar-refractivity contribution in [3.63, 3.8) is 0 Å². The number of nitrogens with zero attached hydrogens (tertiary/aromatic N) is 3. The van der Waals surface area contributed by atoms with Crippen molar-refractivity contribution in [2.75, 3.05) is 58.6 Å². The van der Waals surface area contributed by atoms with Crippen molar-refractivity contribution in [1.82, 2.24) is 9.80 Å². The molecular formula is C24H31N3O8. The van der Waals surface area contributed by atoms with Gasteiger partial charge in [0.15, 0.2) is 0 Å². The van der Waals surface area contributed by atoms with E-state index >= 15 is 0 Å². The summed E-state index contributed by atoms with van der Waals surface area (Å²) in [5.74, 6) is -1.75. The maximum Gasteiger partial charge on any atom is 0.410 e. The first-order valence-corrected chi connectivity index (χ1v) is 11.2. The number of methoxy groups -OCH3 is 2. The van der Waals surface area contributed by atoms with Crippen LogP contribution in [0.1, 0.15) is 31.1 Å². The van der Waals surface area contributed by atoms with Crippen LogP contribution in [0.15, 0.2) is 35.5 Å². The van der Waals surface area contributed by atoms with Crippen LogP contribution in [0, 0.1) is 0 Å². The van der Waals surface area contributed by atoms with Crippen LogP contribution in [0.25, 0.3) is 0 Å². The zero-order chi connectivity index (χ0) is 25.8. The lowest BCUT2D eigenvalue weighted by Gasteiger charge is -2.37. The molecule has 1 saturated heterocycles. The number of para-hydroxylation sites is 1. The Bertz CT molecular complexity index is 1020. The smallest absolute Gasteiger partial charge is 0.410 e. The molecule has 0 aromatic heterocycles. The van der Waals surface area contributed by atoms with Gasteiger partial charge < -0.3 is 33.6 Å². The molecule has 2 aliphatic heterocycles. The predicted octanol–water partition coefficient (Wildman–Crippen LogP) is 1.77. The summed E-state index contributed by atoms with van der Waals surface area (Å²) < 4.78 is 20.7. The van der Waals surface area contributed by atoms with E-state index in [9.17, 15) is 19.2 Å².